The van der Waals surface area contributed by atoms with E-state index in [1.165, 1.54) is 0 Å². The third kappa shape index (κ3) is 1.56. The van der Waals surface area contributed by atoms with Gasteiger partial charge in [0.1, 0.15) is 5.75 Å². The van der Waals surface area contributed by atoms with Gasteiger partial charge in [-0.25, -0.2) is 4.98 Å². The van der Waals surface area contributed by atoms with Crippen LogP contribution in [0.4, 0.5) is 5.69 Å². The van der Waals surface area contributed by atoms with Crippen molar-refractivity contribution >= 4 is 11.6 Å². The lowest BCUT2D eigenvalue weighted by molar-refractivity contribution is 0.101. The second-order valence-corrected chi connectivity index (χ2v) is 3.86. The second-order valence-electron chi connectivity index (χ2n) is 3.86. The van der Waals surface area contributed by atoms with E-state index in [2.05, 4.69) is 10.3 Å². The Kier molecular flexibility index (Phi) is 2.11. The standard InChI is InChI=1S/C12H11N3O2/c1-17-9-2-3-10-8(6-9)7-15-5-4-13-11(15)12(16)14-10/h2-6H,7H2,1H3,(H,14,16). The molecule has 17 heavy (non-hydrogen) atoms. The van der Waals surface area contributed by atoms with E-state index < -0.39 is 0 Å². The molecule has 1 aliphatic rings. The third-order valence-electron chi connectivity index (χ3n) is 2.82. The summed E-state index contributed by atoms with van der Waals surface area (Å²) in [6.07, 6.45) is 3.42. The average molecular weight is 229 g/mol. The van der Waals surface area contributed by atoms with Crippen molar-refractivity contribution in [2.75, 3.05) is 12.4 Å². The SMILES string of the molecule is COc1ccc2c(c1)Cn1ccnc1C(=O)N2. The number of carbonyl (C=O) groups is 1. The zero-order chi connectivity index (χ0) is 11.8. The molecule has 0 atom stereocenters. The third-order valence-corrected chi connectivity index (χ3v) is 2.82. The van der Waals surface area contributed by atoms with Crippen LogP contribution < -0.4 is 10.1 Å². The fraction of sp³-hybridized carbons (Fsp3) is 0.167. The highest BCUT2D eigenvalue weighted by Gasteiger charge is 2.19. The summed E-state index contributed by atoms with van der Waals surface area (Å²) in [6.45, 7) is 0.612. The molecule has 0 bridgehead atoms. The van der Waals surface area contributed by atoms with E-state index >= 15 is 0 Å². The summed E-state index contributed by atoms with van der Waals surface area (Å²) in [6, 6.07) is 5.59. The highest BCUT2D eigenvalue weighted by Crippen LogP contribution is 2.25. The zero-order valence-corrected chi connectivity index (χ0v) is 9.30. The van der Waals surface area contributed by atoms with Gasteiger partial charge in [0.25, 0.3) is 5.91 Å². The first-order valence-corrected chi connectivity index (χ1v) is 5.27. The number of aromatic nitrogens is 2. The lowest BCUT2D eigenvalue weighted by Gasteiger charge is -2.08. The van der Waals surface area contributed by atoms with Gasteiger partial charge in [-0.2, -0.15) is 0 Å². The Morgan fingerprint density at radius 2 is 2.35 bits per heavy atom. The Morgan fingerprint density at radius 3 is 3.18 bits per heavy atom. The van der Waals surface area contributed by atoms with Gasteiger partial charge in [-0.1, -0.05) is 0 Å². The maximum atomic E-state index is 11.9. The lowest BCUT2D eigenvalue weighted by atomic mass is 10.1. The summed E-state index contributed by atoms with van der Waals surface area (Å²) < 4.78 is 7.00. The van der Waals surface area contributed by atoms with Crippen LogP contribution in [0.25, 0.3) is 0 Å². The number of hydrogen-bond acceptors (Lipinski definition) is 3. The molecule has 86 valence electrons. The highest BCUT2D eigenvalue weighted by atomic mass is 16.5. The minimum Gasteiger partial charge on any atom is -0.497 e. The number of hydrogen-bond donors (Lipinski definition) is 1. The van der Waals surface area contributed by atoms with Gasteiger partial charge in [0.2, 0.25) is 0 Å². The first-order chi connectivity index (χ1) is 8.28. The summed E-state index contributed by atoms with van der Waals surface area (Å²) in [7, 11) is 1.62. The number of carbonyl (C=O) groups excluding carboxylic acids is 1. The number of nitrogens with zero attached hydrogens (tertiary/aromatic N) is 2. The molecule has 1 aliphatic heterocycles. The van der Waals surface area contributed by atoms with Gasteiger partial charge < -0.3 is 14.6 Å². The predicted molar refractivity (Wildman–Crippen MR) is 62.3 cm³/mol. The number of anilines is 1. The minimum absolute atomic E-state index is 0.182. The molecular weight excluding hydrogens is 218 g/mol. The van der Waals surface area contributed by atoms with Crippen LogP contribution in [-0.4, -0.2) is 22.6 Å². The Morgan fingerprint density at radius 1 is 1.47 bits per heavy atom. The number of amides is 1. The topological polar surface area (TPSA) is 56.2 Å². The van der Waals surface area contributed by atoms with Crippen molar-refractivity contribution in [3.8, 4) is 5.75 Å². The van der Waals surface area contributed by atoms with E-state index in [1.54, 1.807) is 19.5 Å². The molecule has 1 aromatic carbocycles. The molecule has 0 unspecified atom stereocenters. The van der Waals surface area contributed by atoms with Crippen LogP contribution in [0.1, 0.15) is 16.2 Å². The Labute approximate surface area is 98.0 Å². The maximum Gasteiger partial charge on any atom is 0.291 e. The molecule has 3 rings (SSSR count). The van der Waals surface area contributed by atoms with Crippen molar-refractivity contribution in [3.05, 3.63) is 42.0 Å². The average Bonchev–Trinajstić information content (AvgIpc) is 2.75. The molecule has 2 aromatic rings. The Balaban J connectivity index is 2.12. The molecule has 0 saturated heterocycles. The van der Waals surface area contributed by atoms with Crippen molar-refractivity contribution in [3.63, 3.8) is 0 Å². The molecule has 0 radical (unpaired) electrons. The fourth-order valence-corrected chi connectivity index (χ4v) is 1.96. The molecule has 0 saturated carbocycles. The van der Waals surface area contributed by atoms with E-state index in [1.807, 2.05) is 22.8 Å². The quantitative estimate of drug-likeness (QED) is 0.806. The van der Waals surface area contributed by atoms with Gasteiger partial charge >= 0.3 is 0 Å². The van der Waals surface area contributed by atoms with Crippen molar-refractivity contribution in [2.24, 2.45) is 0 Å². The highest BCUT2D eigenvalue weighted by molar-refractivity contribution is 6.02. The monoisotopic (exact) mass is 229 g/mol. The smallest absolute Gasteiger partial charge is 0.291 e. The molecule has 5 nitrogen and oxygen atoms in total. The number of nitrogens with one attached hydrogen (secondary N) is 1. The van der Waals surface area contributed by atoms with Gasteiger partial charge in [0.15, 0.2) is 5.82 Å². The number of benzene rings is 1. The van der Waals surface area contributed by atoms with Crippen molar-refractivity contribution in [2.45, 2.75) is 6.54 Å². The number of methoxy groups -OCH3 is 1. The van der Waals surface area contributed by atoms with E-state index in [0.717, 1.165) is 17.0 Å². The summed E-state index contributed by atoms with van der Waals surface area (Å²) in [5.74, 6) is 1.03. The maximum absolute atomic E-state index is 11.9. The molecule has 0 spiro atoms. The van der Waals surface area contributed by atoms with Crippen LogP contribution in [-0.2, 0) is 6.54 Å². The van der Waals surface area contributed by atoms with Crippen LogP contribution in [0, 0.1) is 0 Å². The van der Waals surface area contributed by atoms with Crippen LogP contribution in [0.3, 0.4) is 0 Å². The number of ether oxygens (including phenoxy) is 1. The number of fused-ring (bicyclic) bond motifs is 2. The van der Waals surface area contributed by atoms with Gasteiger partial charge in [0, 0.05) is 18.1 Å². The van der Waals surface area contributed by atoms with E-state index in [4.69, 9.17) is 4.74 Å². The van der Waals surface area contributed by atoms with Crippen LogP contribution in [0.15, 0.2) is 30.6 Å². The van der Waals surface area contributed by atoms with Gasteiger partial charge in [-0.05, 0) is 23.8 Å². The molecular formula is C12H11N3O2. The zero-order valence-electron chi connectivity index (χ0n) is 9.30. The molecule has 2 heterocycles. The molecule has 0 fully saturated rings. The normalized spacial score (nSPS) is 13.4. The van der Waals surface area contributed by atoms with Gasteiger partial charge in [0.05, 0.1) is 13.7 Å². The second kappa shape index (κ2) is 3.62. The van der Waals surface area contributed by atoms with Gasteiger partial charge in [-0.15, -0.1) is 0 Å². The van der Waals surface area contributed by atoms with Crippen LogP contribution in [0.5, 0.6) is 5.75 Å². The van der Waals surface area contributed by atoms with E-state index in [-0.39, 0.29) is 5.91 Å². The minimum atomic E-state index is -0.182. The molecule has 1 aromatic heterocycles. The van der Waals surface area contributed by atoms with Crippen molar-refractivity contribution < 1.29 is 9.53 Å². The summed E-state index contributed by atoms with van der Waals surface area (Å²) in [5, 5.41) is 2.84. The van der Waals surface area contributed by atoms with Crippen LogP contribution >= 0.6 is 0 Å². The fourth-order valence-electron chi connectivity index (χ4n) is 1.96. The number of imidazole rings is 1. The van der Waals surface area contributed by atoms with Gasteiger partial charge in [-0.3, -0.25) is 4.79 Å². The molecule has 1 N–H and O–H groups in total. The summed E-state index contributed by atoms with van der Waals surface area (Å²) in [4.78, 5) is 15.9. The molecule has 1 amide bonds. The molecule has 5 heteroatoms. The largest absolute Gasteiger partial charge is 0.497 e. The summed E-state index contributed by atoms with van der Waals surface area (Å²) >= 11 is 0. The predicted octanol–water partition coefficient (Wildman–Crippen LogP) is 1.51. The van der Waals surface area contributed by atoms with E-state index in [9.17, 15) is 4.79 Å². The first-order valence-electron chi connectivity index (χ1n) is 5.27. The van der Waals surface area contributed by atoms with Crippen molar-refractivity contribution in [1.82, 2.24) is 9.55 Å². The van der Waals surface area contributed by atoms with Crippen LogP contribution in [0.2, 0.25) is 0 Å². The molecule has 0 aliphatic carbocycles. The lowest BCUT2D eigenvalue weighted by Crippen LogP contribution is -2.14. The van der Waals surface area contributed by atoms with E-state index in [0.29, 0.717) is 12.4 Å². The Bertz CT molecular complexity index is 589. The Hall–Kier alpha value is -2.30. The first kappa shape index (κ1) is 9.89. The summed E-state index contributed by atoms with van der Waals surface area (Å²) in [5.41, 5.74) is 1.82. The number of rotatable bonds is 1. The van der Waals surface area contributed by atoms with Crippen molar-refractivity contribution in [1.29, 1.82) is 0 Å².